The maximum absolute atomic E-state index is 13.9. The molecule has 1 heterocycles. The molecule has 0 spiro atoms. The first kappa shape index (κ1) is 33.2. The lowest BCUT2D eigenvalue weighted by Gasteiger charge is -2.38. The standard InChI is InChI=1S/C35H42N4O6/c1-7-44-33(42)25-15-17-26(18-16-25)37-32(41)30-29-10-8-9-27(28(29)19-21-39(30)34(43)45-35(2,3)4)23-11-13-24(14-12-23)31(40)36-20-22-38(5)6/h8-18,30H,7,19-22H2,1-6H3,(H,36,40)(H,37,41). The van der Waals surface area contributed by atoms with E-state index in [4.69, 9.17) is 9.47 Å². The molecule has 4 rings (SSSR count). The van der Waals surface area contributed by atoms with Gasteiger partial charge in [-0.05, 0) is 107 Å². The SMILES string of the molecule is CCOC(=O)c1ccc(NC(=O)C2c3cccc(-c4ccc(C(=O)NCCN(C)C)cc4)c3CCN2C(=O)OC(C)(C)C)cc1. The van der Waals surface area contributed by atoms with Crippen molar-refractivity contribution in [1.82, 2.24) is 15.1 Å². The van der Waals surface area contributed by atoms with Gasteiger partial charge in [0.25, 0.3) is 11.8 Å². The topological polar surface area (TPSA) is 117 Å². The molecule has 1 aliphatic heterocycles. The minimum Gasteiger partial charge on any atom is -0.462 e. The number of carbonyl (C=O) groups excluding carboxylic acids is 4. The van der Waals surface area contributed by atoms with Crippen LogP contribution in [0, 0.1) is 0 Å². The summed E-state index contributed by atoms with van der Waals surface area (Å²) in [5.41, 5.74) is 4.11. The third-order valence-electron chi connectivity index (χ3n) is 7.26. The van der Waals surface area contributed by atoms with Crippen LogP contribution in [0.4, 0.5) is 10.5 Å². The quantitative estimate of drug-likeness (QED) is 0.315. The number of nitrogens with zero attached hydrogens (tertiary/aromatic N) is 2. The van der Waals surface area contributed by atoms with Gasteiger partial charge in [0.2, 0.25) is 0 Å². The molecule has 45 heavy (non-hydrogen) atoms. The fourth-order valence-corrected chi connectivity index (χ4v) is 5.15. The van der Waals surface area contributed by atoms with Crippen molar-refractivity contribution in [2.75, 3.05) is 45.7 Å². The van der Waals surface area contributed by atoms with E-state index in [9.17, 15) is 19.2 Å². The highest BCUT2D eigenvalue weighted by molar-refractivity contribution is 5.99. The molecule has 0 bridgehead atoms. The van der Waals surface area contributed by atoms with Gasteiger partial charge >= 0.3 is 12.1 Å². The van der Waals surface area contributed by atoms with Gasteiger partial charge in [-0.15, -0.1) is 0 Å². The van der Waals surface area contributed by atoms with Crippen LogP contribution in [0.25, 0.3) is 11.1 Å². The van der Waals surface area contributed by atoms with E-state index in [1.165, 1.54) is 4.90 Å². The zero-order chi connectivity index (χ0) is 32.7. The molecule has 0 aliphatic carbocycles. The Labute approximate surface area is 264 Å². The van der Waals surface area contributed by atoms with Crippen LogP contribution in [0.1, 0.15) is 65.6 Å². The van der Waals surface area contributed by atoms with Gasteiger partial charge in [-0.2, -0.15) is 0 Å². The van der Waals surface area contributed by atoms with E-state index >= 15 is 0 Å². The third-order valence-corrected chi connectivity index (χ3v) is 7.26. The van der Waals surface area contributed by atoms with Crippen LogP contribution in [0.5, 0.6) is 0 Å². The van der Waals surface area contributed by atoms with Gasteiger partial charge in [-0.25, -0.2) is 9.59 Å². The monoisotopic (exact) mass is 614 g/mol. The fraction of sp³-hybridized carbons (Fsp3) is 0.371. The van der Waals surface area contributed by atoms with Crippen LogP contribution in [0.2, 0.25) is 0 Å². The number of esters is 1. The van der Waals surface area contributed by atoms with Gasteiger partial charge in [0.15, 0.2) is 0 Å². The van der Waals surface area contributed by atoms with Crippen molar-refractivity contribution in [1.29, 1.82) is 0 Å². The molecule has 3 aromatic rings. The van der Waals surface area contributed by atoms with E-state index < -0.39 is 29.6 Å². The molecule has 1 aliphatic rings. The molecular weight excluding hydrogens is 572 g/mol. The summed E-state index contributed by atoms with van der Waals surface area (Å²) in [4.78, 5) is 55.4. The molecule has 2 N–H and O–H groups in total. The lowest BCUT2D eigenvalue weighted by molar-refractivity contribution is -0.121. The second-order valence-electron chi connectivity index (χ2n) is 12.1. The molecule has 1 atom stereocenters. The summed E-state index contributed by atoms with van der Waals surface area (Å²) in [6.45, 7) is 8.91. The second kappa shape index (κ2) is 14.4. The molecule has 10 nitrogen and oxygen atoms in total. The Morgan fingerprint density at radius 2 is 1.60 bits per heavy atom. The van der Waals surface area contributed by atoms with Crippen LogP contribution in [-0.2, 0) is 20.7 Å². The van der Waals surface area contributed by atoms with Crippen LogP contribution in [0.15, 0.2) is 66.7 Å². The van der Waals surface area contributed by atoms with Gasteiger partial charge in [-0.1, -0.05) is 30.3 Å². The van der Waals surface area contributed by atoms with E-state index in [-0.39, 0.29) is 19.1 Å². The molecule has 0 saturated heterocycles. The van der Waals surface area contributed by atoms with Crippen LogP contribution in [-0.4, -0.2) is 79.6 Å². The van der Waals surface area contributed by atoms with Gasteiger partial charge in [-0.3, -0.25) is 14.5 Å². The van der Waals surface area contributed by atoms with E-state index in [0.29, 0.717) is 35.3 Å². The number of fused-ring (bicyclic) bond motifs is 1. The Morgan fingerprint density at radius 1 is 0.933 bits per heavy atom. The van der Waals surface area contributed by atoms with E-state index in [1.54, 1.807) is 64.1 Å². The van der Waals surface area contributed by atoms with Crippen molar-refractivity contribution in [3.8, 4) is 11.1 Å². The zero-order valence-corrected chi connectivity index (χ0v) is 26.8. The summed E-state index contributed by atoms with van der Waals surface area (Å²) < 4.78 is 10.7. The van der Waals surface area contributed by atoms with Crippen LogP contribution >= 0.6 is 0 Å². The van der Waals surface area contributed by atoms with Crippen molar-refractivity contribution in [2.45, 2.75) is 45.8 Å². The number of rotatable bonds is 9. The minimum atomic E-state index is -0.963. The maximum atomic E-state index is 13.9. The Balaban J connectivity index is 1.63. The Bertz CT molecular complexity index is 1530. The van der Waals surface area contributed by atoms with Gasteiger partial charge < -0.3 is 25.0 Å². The number of anilines is 1. The Hall–Kier alpha value is -4.70. The van der Waals surface area contributed by atoms with Crippen molar-refractivity contribution in [3.05, 3.63) is 89.0 Å². The number of nitrogens with one attached hydrogen (secondary N) is 2. The molecule has 3 aromatic carbocycles. The average molecular weight is 615 g/mol. The van der Waals surface area contributed by atoms with Crippen LogP contribution in [0.3, 0.4) is 0 Å². The first-order valence-electron chi connectivity index (χ1n) is 15.1. The van der Waals surface area contributed by atoms with Crippen molar-refractivity contribution in [2.24, 2.45) is 0 Å². The molecule has 1 unspecified atom stereocenters. The van der Waals surface area contributed by atoms with Crippen molar-refractivity contribution >= 4 is 29.6 Å². The Morgan fingerprint density at radius 3 is 2.22 bits per heavy atom. The molecule has 10 heteroatoms. The maximum Gasteiger partial charge on any atom is 0.411 e. The first-order valence-corrected chi connectivity index (χ1v) is 15.1. The first-order chi connectivity index (χ1) is 21.4. The third kappa shape index (κ3) is 8.48. The van der Waals surface area contributed by atoms with E-state index in [0.717, 1.165) is 23.2 Å². The van der Waals surface area contributed by atoms with Crippen molar-refractivity contribution < 1.29 is 28.7 Å². The molecular formula is C35H42N4O6. The number of benzene rings is 3. The molecule has 3 amide bonds. The summed E-state index contributed by atoms with van der Waals surface area (Å²) in [5, 5.41) is 5.84. The molecule has 0 fully saturated rings. The number of ether oxygens (including phenoxy) is 2. The highest BCUT2D eigenvalue weighted by atomic mass is 16.6. The highest BCUT2D eigenvalue weighted by Gasteiger charge is 2.39. The average Bonchev–Trinajstić information content (AvgIpc) is 2.99. The molecule has 0 saturated carbocycles. The number of carbonyl (C=O) groups is 4. The number of hydrogen-bond acceptors (Lipinski definition) is 7. The summed E-state index contributed by atoms with van der Waals surface area (Å²) >= 11 is 0. The zero-order valence-electron chi connectivity index (χ0n) is 26.8. The fourth-order valence-electron chi connectivity index (χ4n) is 5.15. The number of hydrogen-bond donors (Lipinski definition) is 2. The van der Waals surface area contributed by atoms with Crippen LogP contribution < -0.4 is 10.6 Å². The predicted octanol–water partition coefficient (Wildman–Crippen LogP) is 5.29. The highest BCUT2D eigenvalue weighted by Crippen LogP contribution is 2.37. The summed E-state index contributed by atoms with van der Waals surface area (Å²) in [6.07, 6.45) is -0.0729. The number of likely N-dealkylation sites (N-methyl/N-ethyl adjacent to an activating group) is 1. The van der Waals surface area contributed by atoms with Crippen molar-refractivity contribution in [3.63, 3.8) is 0 Å². The van der Waals surface area contributed by atoms with Gasteiger partial charge in [0, 0.05) is 30.9 Å². The lowest BCUT2D eigenvalue weighted by Crippen LogP contribution is -2.47. The largest absolute Gasteiger partial charge is 0.462 e. The summed E-state index contributed by atoms with van der Waals surface area (Å²) in [5.74, 6) is -0.996. The van der Waals surface area contributed by atoms with E-state index in [1.807, 2.05) is 49.3 Å². The summed E-state index contributed by atoms with van der Waals surface area (Å²) in [7, 11) is 3.90. The van der Waals surface area contributed by atoms with E-state index in [2.05, 4.69) is 10.6 Å². The second-order valence-corrected chi connectivity index (χ2v) is 12.1. The molecule has 0 radical (unpaired) electrons. The summed E-state index contributed by atoms with van der Waals surface area (Å²) in [6, 6.07) is 18.5. The predicted molar refractivity (Wildman–Crippen MR) is 173 cm³/mol. The minimum absolute atomic E-state index is 0.140. The smallest absolute Gasteiger partial charge is 0.411 e. The number of amides is 3. The lowest BCUT2D eigenvalue weighted by atomic mass is 9.86. The van der Waals surface area contributed by atoms with Gasteiger partial charge in [0.05, 0.1) is 12.2 Å². The van der Waals surface area contributed by atoms with Gasteiger partial charge in [0.1, 0.15) is 11.6 Å². The molecule has 238 valence electrons. The molecule has 0 aromatic heterocycles. The normalized spacial score (nSPS) is 14.4. The Kier molecular flexibility index (Phi) is 10.6.